The third-order valence-corrected chi connectivity index (χ3v) is 6.45. The number of thioether (sulfide) groups is 1. The molecule has 0 aliphatic heterocycles. The van der Waals surface area contributed by atoms with Crippen molar-refractivity contribution >= 4 is 17.7 Å². The van der Waals surface area contributed by atoms with Crippen LogP contribution in [0.2, 0.25) is 0 Å². The molecule has 168 valence electrons. The van der Waals surface area contributed by atoms with Gasteiger partial charge >= 0.3 is 0 Å². The maximum Gasteiger partial charge on any atom is 0.251 e. The Kier molecular flexibility index (Phi) is 6.94. The second-order valence-corrected chi connectivity index (χ2v) is 9.29. The minimum absolute atomic E-state index is 0.130. The lowest BCUT2D eigenvalue weighted by Crippen LogP contribution is -2.28. The Morgan fingerprint density at radius 1 is 0.909 bits per heavy atom. The van der Waals surface area contributed by atoms with Gasteiger partial charge < -0.3 is 5.32 Å². The molecule has 1 unspecified atom stereocenters. The van der Waals surface area contributed by atoms with Crippen molar-refractivity contribution in [2.45, 2.75) is 44.6 Å². The molecule has 0 saturated carbocycles. The Balaban J connectivity index is 1.61. The fraction of sp³-hybridized carbons (Fsp3) is 0.222. The Hall–Kier alpha value is -3.38. The zero-order valence-corrected chi connectivity index (χ0v) is 20.2. The first kappa shape index (κ1) is 22.8. The molecule has 0 fully saturated rings. The summed E-state index contributed by atoms with van der Waals surface area (Å²) in [7, 11) is 0. The van der Waals surface area contributed by atoms with Crippen molar-refractivity contribution in [3.05, 3.63) is 106 Å². The van der Waals surface area contributed by atoms with E-state index in [0.717, 1.165) is 22.2 Å². The van der Waals surface area contributed by atoms with Gasteiger partial charge in [0.25, 0.3) is 5.91 Å². The van der Waals surface area contributed by atoms with E-state index >= 15 is 0 Å². The van der Waals surface area contributed by atoms with E-state index in [1.807, 2.05) is 42.7 Å². The molecule has 0 radical (unpaired) electrons. The van der Waals surface area contributed by atoms with Crippen LogP contribution >= 0.6 is 11.8 Å². The normalized spacial score (nSPS) is 11.9. The third kappa shape index (κ3) is 5.52. The summed E-state index contributed by atoms with van der Waals surface area (Å²) in [6.45, 7) is 8.11. The molecule has 5 nitrogen and oxygen atoms in total. The van der Waals surface area contributed by atoms with Gasteiger partial charge in [-0.15, -0.1) is 10.2 Å². The summed E-state index contributed by atoms with van der Waals surface area (Å²) in [6, 6.07) is 24.0. The van der Waals surface area contributed by atoms with Gasteiger partial charge in [-0.05, 0) is 57.5 Å². The number of aromatic nitrogens is 3. The fourth-order valence-corrected chi connectivity index (χ4v) is 4.49. The number of carbonyl (C=O) groups excluding carboxylic acids is 1. The SMILES string of the molecule is Cc1ccc(C(=O)NC(C)c2nnc(SCc3cccc(C)c3)n2-c2ccc(C)cc2)cc1. The molecule has 33 heavy (non-hydrogen) atoms. The molecule has 0 spiro atoms. The van der Waals surface area contributed by atoms with Gasteiger partial charge in [-0.25, -0.2) is 0 Å². The molecule has 1 amide bonds. The predicted molar refractivity (Wildman–Crippen MR) is 134 cm³/mol. The monoisotopic (exact) mass is 456 g/mol. The average Bonchev–Trinajstić information content (AvgIpc) is 3.23. The van der Waals surface area contributed by atoms with Crippen molar-refractivity contribution in [1.29, 1.82) is 0 Å². The van der Waals surface area contributed by atoms with Gasteiger partial charge in [0.15, 0.2) is 11.0 Å². The van der Waals surface area contributed by atoms with Gasteiger partial charge in [0.2, 0.25) is 0 Å². The predicted octanol–water partition coefficient (Wildman–Crippen LogP) is 5.98. The summed E-state index contributed by atoms with van der Waals surface area (Å²) >= 11 is 1.64. The van der Waals surface area contributed by atoms with Crippen LogP contribution in [0.1, 0.15) is 51.4 Å². The lowest BCUT2D eigenvalue weighted by Gasteiger charge is -2.17. The number of amides is 1. The largest absolute Gasteiger partial charge is 0.342 e. The smallest absolute Gasteiger partial charge is 0.251 e. The van der Waals surface area contributed by atoms with Gasteiger partial charge in [0.1, 0.15) is 0 Å². The molecule has 0 saturated heterocycles. The number of hydrogen-bond donors (Lipinski definition) is 1. The van der Waals surface area contributed by atoms with Crippen LogP contribution in [0.5, 0.6) is 0 Å². The van der Waals surface area contributed by atoms with E-state index < -0.39 is 0 Å². The van der Waals surface area contributed by atoms with Crippen LogP contribution in [0.15, 0.2) is 78.0 Å². The van der Waals surface area contributed by atoms with E-state index in [-0.39, 0.29) is 11.9 Å². The number of aryl methyl sites for hydroxylation is 3. The Morgan fingerprint density at radius 3 is 2.24 bits per heavy atom. The molecule has 3 aromatic carbocycles. The first-order valence-corrected chi connectivity index (χ1v) is 12.0. The zero-order chi connectivity index (χ0) is 23.4. The Bertz CT molecular complexity index is 1250. The van der Waals surface area contributed by atoms with Crippen LogP contribution in [0.3, 0.4) is 0 Å². The van der Waals surface area contributed by atoms with Crippen molar-refractivity contribution in [1.82, 2.24) is 20.1 Å². The molecule has 0 aliphatic rings. The van der Waals surface area contributed by atoms with E-state index in [1.54, 1.807) is 11.8 Å². The summed E-state index contributed by atoms with van der Waals surface area (Å²) in [5.74, 6) is 1.36. The first-order chi connectivity index (χ1) is 15.9. The Morgan fingerprint density at radius 2 is 1.58 bits per heavy atom. The van der Waals surface area contributed by atoms with E-state index in [9.17, 15) is 4.79 Å². The molecule has 1 heterocycles. The van der Waals surface area contributed by atoms with E-state index in [1.165, 1.54) is 16.7 Å². The van der Waals surface area contributed by atoms with Crippen LogP contribution in [-0.4, -0.2) is 20.7 Å². The molecule has 1 N–H and O–H groups in total. The van der Waals surface area contributed by atoms with Crippen LogP contribution in [-0.2, 0) is 5.75 Å². The number of hydrogen-bond acceptors (Lipinski definition) is 4. The summed E-state index contributed by atoms with van der Waals surface area (Å²) in [4.78, 5) is 12.8. The highest BCUT2D eigenvalue weighted by atomic mass is 32.2. The summed E-state index contributed by atoms with van der Waals surface area (Å²) < 4.78 is 2.04. The molecular formula is C27H28N4OS. The molecule has 0 bridgehead atoms. The van der Waals surface area contributed by atoms with Crippen LogP contribution in [0.4, 0.5) is 0 Å². The summed E-state index contributed by atoms with van der Waals surface area (Å²) in [5, 5.41) is 12.8. The van der Waals surface area contributed by atoms with Gasteiger partial charge in [0, 0.05) is 17.0 Å². The summed E-state index contributed by atoms with van der Waals surface area (Å²) in [6.07, 6.45) is 0. The van der Waals surface area contributed by atoms with E-state index in [4.69, 9.17) is 0 Å². The minimum Gasteiger partial charge on any atom is -0.342 e. The van der Waals surface area contributed by atoms with E-state index in [2.05, 4.69) is 77.9 Å². The second-order valence-electron chi connectivity index (χ2n) is 8.35. The first-order valence-electron chi connectivity index (χ1n) is 11.0. The number of rotatable bonds is 7. The highest BCUT2D eigenvalue weighted by Crippen LogP contribution is 2.28. The van der Waals surface area contributed by atoms with Gasteiger partial charge in [0.05, 0.1) is 6.04 Å². The maximum atomic E-state index is 12.8. The van der Waals surface area contributed by atoms with Crippen molar-refractivity contribution in [2.24, 2.45) is 0 Å². The van der Waals surface area contributed by atoms with E-state index in [0.29, 0.717) is 11.4 Å². The molecule has 6 heteroatoms. The molecule has 4 aromatic rings. The third-order valence-electron chi connectivity index (χ3n) is 5.45. The Labute approximate surface area is 199 Å². The van der Waals surface area contributed by atoms with Crippen LogP contribution in [0.25, 0.3) is 5.69 Å². The lowest BCUT2D eigenvalue weighted by molar-refractivity contribution is 0.0938. The highest BCUT2D eigenvalue weighted by molar-refractivity contribution is 7.98. The molecule has 1 aromatic heterocycles. The van der Waals surface area contributed by atoms with Crippen molar-refractivity contribution in [3.8, 4) is 5.69 Å². The minimum atomic E-state index is -0.319. The lowest BCUT2D eigenvalue weighted by atomic mass is 10.1. The average molecular weight is 457 g/mol. The van der Waals surface area contributed by atoms with Gasteiger partial charge in [-0.2, -0.15) is 0 Å². The maximum absolute atomic E-state index is 12.8. The number of nitrogens with zero attached hydrogens (tertiary/aromatic N) is 3. The fourth-order valence-electron chi connectivity index (χ4n) is 3.59. The van der Waals surface area contributed by atoms with Crippen LogP contribution in [0, 0.1) is 20.8 Å². The van der Waals surface area contributed by atoms with Gasteiger partial charge in [-0.1, -0.05) is 77.0 Å². The zero-order valence-electron chi connectivity index (χ0n) is 19.4. The number of carbonyl (C=O) groups is 1. The molecule has 0 aliphatic carbocycles. The van der Waals surface area contributed by atoms with Crippen molar-refractivity contribution < 1.29 is 4.79 Å². The summed E-state index contributed by atoms with van der Waals surface area (Å²) in [5.41, 5.74) is 6.38. The highest BCUT2D eigenvalue weighted by Gasteiger charge is 2.21. The second kappa shape index (κ2) is 10.0. The van der Waals surface area contributed by atoms with Crippen LogP contribution < -0.4 is 5.32 Å². The van der Waals surface area contributed by atoms with Crippen molar-refractivity contribution in [3.63, 3.8) is 0 Å². The molecule has 1 atom stereocenters. The quantitative estimate of drug-likeness (QED) is 0.348. The topological polar surface area (TPSA) is 59.8 Å². The van der Waals surface area contributed by atoms with Crippen molar-refractivity contribution in [2.75, 3.05) is 0 Å². The number of benzene rings is 3. The van der Waals surface area contributed by atoms with Gasteiger partial charge in [-0.3, -0.25) is 9.36 Å². The number of nitrogens with one attached hydrogen (secondary N) is 1. The molecular weight excluding hydrogens is 428 g/mol. The molecule has 4 rings (SSSR count). The standard InChI is InChI=1S/C27H28N4OS/c1-18-8-12-23(13-9-18)26(32)28-21(4)25-29-30-27(31(25)24-14-10-19(2)11-15-24)33-17-22-7-5-6-20(3)16-22/h5-16,21H,17H2,1-4H3,(H,28,32).